The van der Waals surface area contributed by atoms with Gasteiger partial charge in [-0.1, -0.05) is 6.42 Å². The van der Waals surface area contributed by atoms with Crippen LogP contribution < -0.4 is 16.0 Å². The largest absolute Gasteiger partial charge is 0.444 e. The lowest BCUT2D eigenvalue weighted by atomic mass is 9.85. The van der Waals surface area contributed by atoms with E-state index in [-0.39, 0.29) is 54.0 Å². The van der Waals surface area contributed by atoms with Crippen molar-refractivity contribution in [1.29, 1.82) is 0 Å². The number of aliphatic imine (C=N–C) groups is 1. The molecule has 3 N–H and O–H groups in total. The molecule has 1 saturated carbocycles. The van der Waals surface area contributed by atoms with E-state index in [9.17, 15) is 9.59 Å². The third-order valence-corrected chi connectivity index (χ3v) is 5.64. The molecule has 2 atom stereocenters. The van der Waals surface area contributed by atoms with Gasteiger partial charge in [0.1, 0.15) is 11.3 Å². The van der Waals surface area contributed by atoms with Crippen molar-refractivity contribution >= 4 is 41.9 Å². The molecule has 1 saturated heterocycles. The van der Waals surface area contributed by atoms with Crippen molar-refractivity contribution in [2.24, 2.45) is 10.9 Å². The Hall–Kier alpha value is -1.30. The van der Waals surface area contributed by atoms with Crippen molar-refractivity contribution in [3.8, 4) is 0 Å². The Balaban J connectivity index is 0.00000512. The fourth-order valence-electron chi connectivity index (χ4n) is 3.87. The molecule has 9 nitrogen and oxygen atoms in total. The Labute approximate surface area is 209 Å². The second-order valence-electron chi connectivity index (χ2n) is 9.84. The van der Waals surface area contributed by atoms with E-state index in [4.69, 9.17) is 9.47 Å². The molecule has 0 aromatic rings. The number of guanidine groups is 1. The molecule has 0 aromatic carbocycles. The highest BCUT2D eigenvalue weighted by Crippen LogP contribution is 2.33. The fourth-order valence-corrected chi connectivity index (χ4v) is 3.87. The zero-order chi connectivity index (χ0) is 23.2. The lowest BCUT2D eigenvalue weighted by Gasteiger charge is -2.35. The Morgan fingerprint density at radius 1 is 1.16 bits per heavy atom. The highest BCUT2D eigenvalue weighted by Gasteiger charge is 2.49. The van der Waals surface area contributed by atoms with Crippen LogP contribution in [0, 0.1) is 5.92 Å². The van der Waals surface area contributed by atoms with Crippen LogP contribution in [0.3, 0.4) is 0 Å². The average molecular weight is 568 g/mol. The summed E-state index contributed by atoms with van der Waals surface area (Å²) in [5.74, 6) is 1.04. The van der Waals surface area contributed by atoms with E-state index in [1.807, 2.05) is 41.5 Å². The van der Waals surface area contributed by atoms with Crippen LogP contribution in [0.5, 0.6) is 0 Å². The first-order valence-corrected chi connectivity index (χ1v) is 11.4. The molecule has 2 unspecified atom stereocenters. The van der Waals surface area contributed by atoms with Gasteiger partial charge < -0.3 is 25.4 Å². The summed E-state index contributed by atoms with van der Waals surface area (Å²) in [6.07, 6.45) is 3.45. The average Bonchev–Trinajstić information content (AvgIpc) is 2.82. The van der Waals surface area contributed by atoms with E-state index >= 15 is 0 Å². The van der Waals surface area contributed by atoms with Crippen LogP contribution in [0.25, 0.3) is 0 Å². The normalized spacial score (nSPS) is 23.1. The van der Waals surface area contributed by atoms with Crippen molar-refractivity contribution in [3.05, 3.63) is 0 Å². The van der Waals surface area contributed by atoms with Gasteiger partial charge in [-0.05, 0) is 60.8 Å². The van der Waals surface area contributed by atoms with Crippen molar-refractivity contribution in [3.63, 3.8) is 0 Å². The molecule has 2 rings (SSSR count). The van der Waals surface area contributed by atoms with E-state index in [2.05, 4.69) is 20.9 Å². The van der Waals surface area contributed by atoms with E-state index in [0.717, 1.165) is 25.7 Å². The second-order valence-corrected chi connectivity index (χ2v) is 9.84. The van der Waals surface area contributed by atoms with Gasteiger partial charge >= 0.3 is 6.09 Å². The van der Waals surface area contributed by atoms with Gasteiger partial charge in [0, 0.05) is 32.6 Å². The van der Waals surface area contributed by atoms with Crippen LogP contribution in [0.1, 0.15) is 67.2 Å². The predicted molar refractivity (Wildman–Crippen MR) is 136 cm³/mol. The van der Waals surface area contributed by atoms with Crippen molar-refractivity contribution < 1.29 is 19.1 Å². The maximum absolute atomic E-state index is 12.8. The highest BCUT2D eigenvalue weighted by atomic mass is 127. The van der Waals surface area contributed by atoms with Gasteiger partial charge in [0.25, 0.3) is 0 Å². The van der Waals surface area contributed by atoms with E-state index in [1.165, 1.54) is 0 Å². The minimum Gasteiger partial charge on any atom is -0.444 e. The standard InChI is InChI=1S/C22H41N5O4.HI/c1-15-17(27(22(5,6)30-15)20(29)31-21(2,3)4)14-26-19(23-7)25-13-9-12-24-18(28)16-10-8-11-16;/h15-17H,8-14H2,1-7H3,(H,24,28)(H2,23,25,26);1H. The van der Waals surface area contributed by atoms with Crippen molar-refractivity contribution in [1.82, 2.24) is 20.9 Å². The molecule has 2 fully saturated rings. The monoisotopic (exact) mass is 567 g/mol. The Bertz CT molecular complexity index is 661. The summed E-state index contributed by atoms with van der Waals surface area (Å²) in [5, 5.41) is 9.53. The van der Waals surface area contributed by atoms with Crippen molar-refractivity contribution in [2.45, 2.75) is 90.7 Å². The molecule has 186 valence electrons. The summed E-state index contributed by atoms with van der Waals surface area (Å²) in [7, 11) is 1.71. The van der Waals surface area contributed by atoms with Crippen molar-refractivity contribution in [2.75, 3.05) is 26.7 Å². The maximum atomic E-state index is 12.8. The van der Waals surface area contributed by atoms with Gasteiger partial charge in [0.05, 0.1) is 12.1 Å². The molecule has 0 aromatic heterocycles. The summed E-state index contributed by atoms with van der Waals surface area (Å²) in [6.45, 7) is 13.1. The van der Waals surface area contributed by atoms with Gasteiger partial charge in [-0.15, -0.1) is 24.0 Å². The molecule has 2 aliphatic rings. The lowest BCUT2D eigenvalue weighted by Crippen LogP contribution is -2.54. The number of rotatable bonds is 7. The predicted octanol–water partition coefficient (Wildman–Crippen LogP) is 2.84. The zero-order valence-corrected chi connectivity index (χ0v) is 22.9. The number of carbonyl (C=O) groups is 2. The van der Waals surface area contributed by atoms with Gasteiger partial charge in [-0.3, -0.25) is 14.7 Å². The number of nitrogens with one attached hydrogen (secondary N) is 3. The van der Waals surface area contributed by atoms with Crippen LogP contribution >= 0.6 is 24.0 Å². The van der Waals surface area contributed by atoms with Gasteiger partial charge in [-0.25, -0.2) is 4.79 Å². The number of carbonyl (C=O) groups excluding carboxylic acids is 2. The number of ether oxygens (including phenoxy) is 2. The van der Waals surface area contributed by atoms with E-state index in [1.54, 1.807) is 11.9 Å². The van der Waals surface area contributed by atoms with E-state index in [0.29, 0.717) is 25.6 Å². The molecule has 1 aliphatic heterocycles. The summed E-state index contributed by atoms with van der Waals surface area (Å²) >= 11 is 0. The van der Waals surface area contributed by atoms with Crippen LogP contribution in [-0.2, 0) is 14.3 Å². The summed E-state index contributed by atoms with van der Waals surface area (Å²) in [5.41, 5.74) is -1.34. The number of nitrogens with zero attached hydrogens (tertiary/aromatic N) is 2. The van der Waals surface area contributed by atoms with Gasteiger partial charge in [-0.2, -0.15) is 0 Å². The Morgan fingerprint density at radius 2 is 1.78 bits per heavy atom. The number of hydrogen-bond acceptors (Lipinski definition) is 5. The topological polar surface area (TPSA) is 104 Å². The molecule has 0 spiro atoms. The minimum absolute atomic E-state index is 0. The minimum atomic E-state index is -0.760. The number of hydrogen-bond donors (Lipinski definition) is 3. The maximum Gasteiger partial charge on any atom is 0.412 e. The lowest BCUT2D eigenvalue weighted by molar-refractivity contribution is -0.127. The number of amides is 2. The Kier molecular flexibility index (Phi) is 11.0. The first-order valence-electron chi connectivity index (χ1n) is 11.4. The zero-order valence-electron chi connectivity index (χ0n) is 20.6. The van der Waals surface area contributed by atoms with Crippen LogP contribution in [0.2, 0.25) is 0 Å². The first-order chi connectivity index (χ1) is 14.4. The molecule has 0 bridgehead atoms. The Morgan fingerprint density at radius 3 is 2.31 bits per heavy atom. The SMILES string of the molecule is CN=C(NCCCNC(=O)C1CCC1)NCC1C(C)OC(C)(C)N1C(=O)OC(C)(C)C.I. The third kappa shape index (κ3) is 8.24. The first kappa shape index (κ1) is 28.7. The molecule has 1 aliphatic carbocycles. The summed E-state index contributed by atoms with van der Waals surface area (Å²) in [4.78, 5) is 30.6. The summed E-state index contributed by atoms with van der Waals surface area (Å²) < 4.78 is 11.6. The third-order valence-electron chi connectivity index (χ3n) is 5.64. The van der Waals surface area contributed by atoms with Crippen LogP contribution in [0.4, 0.5) is 4.79 Å². The molecule has 0 radical (unpaired) electrons. The molecule has 1 heterocycles. The fraction of sp³-hybridized carbons (Fsp3) is 0.864. The number of halogens is 1. The summed E-state index contributed by atoms with van der Waals surface area (Å²) in [6, 6.07) is -0.204. The smallest absolute Gasteiger partial charge is 0.412 e. The second kappa shape index (κ2) is 12.2. The van der Waals surface area contributed by atoms with Crippen LogP contribution in [0.15, 0.2) is 4.99 Å². The highest BCUT2D eigenvalue weighted by molar-refractivity contribution is 14.0. The molecular formula is C22H42IN5O4. The quantitative estimate of drug-likeness (QED) is 0.189. The molecule has 10 heteroatoms. The van der Waals surface area contributed by atoms with Gasteiger partial charge in [0.15, 0.2) is 5.96 Å². The molecule has 2 amide bonds. The molecule has 32 heavy (non-hydrogen) atoms. The van der Waals surface area contributed by atoms with E-state index < -0.39 is 11.3 Å². The van der Waals surface area contributed by atoms with Gasteiger partial charge in [0.2, 0.25) is 5.91 Å². The molecular weight excluding hydrogens is 525 g/mol. The van der Waals surface area contributed by atoms with Crippen LogP contribution in [-0.4, -0.2) is 73.0 Å².